The van der Waals surface area contributed by atoms with Gasteiger partial charge in [-0.15, -0.1) is 0 Å². The second-order valence-corrected chi connectivity index (χ2v) is 9.15. The van der Waals surface area contributed by atoms with Crippen LogP contribution in [0.25, 0.3) is 10.2 Å². The molecule has 0 aliphatic heterocycles. The van der Waals surface area contributed by atoms with E-state index in [0.717, 1.165) is 41.0 Å². The van der Waals surface area contributed by atoms with E-state index in [1.807, 2.05) is 24.3 Å². The molecule has 0 radical (unpaired) electrons. The highest BCUT2D eigenvalue weighted by Gasteiger charge is 2.47. The summed E-state index contributed by atoms with van der Waals surface area (Å²) in [5.41, 5.74) is 1.09. The summed E-state index contributed by atoms with van der Waals surface area (Å²) in [6, 6.07) is 12.2. The maximum atomic E-state index is 12.9. The Labute approximate surface area is 155 Å². The van der Waals surface area contributed by atoms with Crippen LogP contribution in [-0.2, 0) is 22.6 Å². The first-order valence-electron chi connectivity index (χ1n) is 8.13. The monoisotopic (exact) mass is 390 g/mol. The van der Waals surface area contributed by atoms with Crippen LogP contribution >= 0.6 is 11.3 Å². The average Bonchev–Trinajstić information content (AvgIpc) is 3.34. The van der Waals surface area contributed by atoms with Gasteiger partial charge in [0.2, 0.25) is 10.0 Å². The van der Waals surface area contributed by atoms with Crippen molar-refractivity contribution < 1.29 is 13.2 Å². The number of thiazole rings is 1. The van der Waals surface area contributed by atoms with Gasteiger partial charge in [0.15, 0.2) is 0 Å². The van der Waals surface area contributed by atoms with Gasteiger partial charge in [0, 0.05) is 7.05 Å². The third-order valence-corrected chi connectivity index (χ3v) is 7.33. The predicted octanol–water partition coefficient (Wildman–Crippen LogP) is 2.58. The van der Waals surface area contributed by atoms with E-state index in [9.17, 15) is 13.2 Å². The number of hydrogen-bond donors (Lipinski definition) is 1. The van der Waals surface area contributed by atoms with Crippen molar-refractivity contribution in [2.24, 2.45) is 7.05 Å². The van der Waals surface area contributed by atoms with E-state index in [0.29, 0.717) is 4.70 Å². The summed E-state index contributed by atoms with van der Waals surface area (Å²) in [4.78, 5) is 11.8. The molecule has 0 atom stereocenters. The predicted molar refractivity (Wildman–Crippen MR) is 101 cm³/mol. The maximum Gasteiger partial charge on any atom is 0.307 e. The molecule has 0 amide bonds. The van der Waals surface area contributed by atoms with Gasteiger partial charge in [0.05, 0.1) is 27.8 Å². The van der Waals surface area contributed by atoms with Crippen molar-refractivity contribution >= 4 is 31.6 Å². The lowest BCUT2D eigenvalue weighted by Crippen LogP contribution is -2.34. The summed E-state index contributed by atoms with van der Waals surface area (Å²) in [7, 11) is -0.427. The van der Waals surface area contributed by atoms with Crippen molar-refractivity contribution in [3.63, 3.8) is 0 Å². The van der Waals surface area contributed by atoms with Crippen molar-refractivity contribution in [1.82, 2.24) is 9.29 Å². The largest absolute Gasteiger partial charge is 0.497 e. The highest BCUT2D eigenvalue weighted by Crippen LogP contribution is 2.47. The first kappa shape index (κ1) is 17.3. The van der Waals surface area contributed by atoms with Crippen LogP contribution in [0.3, 0.4) is 0 Å². The molecule has 8 heteroatoms. The van der Waals surface area contributed by atoms with Gasteiger partial charge in [-0.3, -0.25) is 4.79 Å². The van der Waals surface area contributed by atoms with E-state index in [2.05, 4.69) is 4.72 Å². The molecule has 2 aromatic carbocycles. The van der Waals surface area contributed by atoms with Gasteiger partial charge < -0.3 is 9.30 Å². The molecule has 136 valence electrons. The maximum absolute atomic E-state index is 12.9. The number of nitrogens with one attached hydrogen (secondary N) is 1. The Balaban J connectivity index is 1.67. The van der Waals surface area contributed by atoms with Crippen LogP contribution < -0.4 is 14.3 Å². The second-order valence-electron chi connectivity index (χ2n) is 6.47. The molecule has 26 heavy (non-hydrogen) atoms. The van der Waals surface area contributed by atoms with Crippen LogP contribution in [0.5, 0.6) is 5.75 Å². The molecule has 1 N–H and O–H groups in total. The van der Waals surface area contributed by atoms with Gasteiger partial charge in [-0.05, 0) is 48.7 Å². The lowest BCUT2D eigenvalue weighted by Gasteiger charge is -2.18. The van der Waals surface area contributed by atoms with Crippen molar-refractivity contribution in [3.8, 4) is 5.75 Å². The Kier molecular flexibility index (Phi) is 3.94. The molecule has 3 aromatic rings. The first-order chi connectivity index (χ1) is 12.3. The lowest BCUT2D eigenvalue weighted by molar-refractivity contribution is 0.414. The summed E-state index contributed by atoms with van der Waals surface area (Å²) in [5.74, 6) is 0.733. The van der Waals surface area contributed by atoms with E-state index < -0.39 is 15.6 Å². The van der Waals surface area contributed by atoms with Crippen LogP contribution in [0.4, 0.5) is 0 Å². The molecule has 0 spiro atoms. The summed E-state index contributed by atoms with van der Waals surface area (Å²) >= 11 is 1.04. The van der Waals surface area contributed by atoms with Gasteiger partial charge in [0.25, 0.3) is 0 Å². The van der Waals surface area contributed by atoms with Crippen molar-refractivity contribution in [3.05, 3.63) is 57.7 Å². The third kappa shape index (κ3) is 2.84. The molecule has 0 saturated heterocycles. The smallest absolute Gasteiger partial charge is 0.307 e. The van der Waals surface area contributed by atoms with E-state index in [1.54, 1.807) is 32.4 Å². The number of rotatable bonds is 5. The molecule has 0 bridgehead atoms. The topological polar surface area (TPSA) is 77.4 Å². The lowest BCUT2D eigenvalue weighted by atomic mass is 10.1. The van der Waals surface area contributed by atoms with Gasteiger partial charge in [-0.2, -0.15) is 0 Å². The standard InChI is InChI=1S/C18H18N2O4S2/c1-20-15-8-7-14(11-16(15)25-17(20)21)26(22,23)19-18(9-10-18)12-3-5-13(24-2)6-4-12/h3-8,11,19H,9-10H2,1-2H3. The number of fused-ring (bicyclic) bond motifs is 1. The van der Waals surface area contributed by atoms with Crippen LogP contribution in [0.15, 0.2) is 52.2 Å². The SMILES string of the molecule is COc1ccc(C2(NS(=O)(=O)c3ccc4c(c3)sc(=O)n4C)CC2)cc1. The van der Waals surface area contributed by atoms with E-state index in [-0.39, 0.29) is 9.77 Å². The third-order valence-electron chi connectivity index (χ3n) is 4.80. The normalized spacial score (nSPS) is 15.9. The summed E-state index contributed by atoms with van der Waals surface area (Å²) < 4.78 is 36.0. The Morgan fingerprint density at radius 2 is 1.85 bits per heavy atom. The molecular formula is C18H18N2O4S2. The zero-order chi connectivity index (χ0) is 18.5. The Morgan fingerprint density at radius 3 is 2.46 bits per heavy atom. The summed E-state index contributed by atoms with van der Waals surface area (Å²) in [6.07, 6.45) is 1.50. The van der Waals surface area contributed by atoms with E-state index in [1.165, 1.54) is 4.57 Å². The minimum absolute atomic E-state index is 0.112. The zero-order valence-electron chi connectivity index (χ0n) is 14.4. The van der Waals surface area contributed by atoms with Crippen LogP contribution in [0.2, 0.25) is 0 Å². The van der Waals surface area contributed by atoms with Crippen LogP contribution in [-0.4, -0.2) is 20.1 Å². The number of sulfonamides is 1. The van der Waals surface area contributed by atoms with Gasteiger partial charge in [-0.25, -0.2) is 13.1 Å². The second kappa shape index (κ2) is 5.94. The molecule has 1 fully saturated rings. The van der Waals surface area contributed by atoms with Crippen LogP contribution in [0.1, 0.15) is 18.4 Å². The molecular weight excluding hydrogens is 372 g/mol. The molecule has 4 rings (SSSR count). The minimum Gasteiger partial charge on any atom is -0.497 e. The fourth-order valence-corrected chi connectivity index (χ4v) is 5.55. The number of hydrogen-bond acceptors (Lipinski definition) is 5. The van der Waals surface area contributed by atoms with E-state index >= 15 is 0 Å². The Hall–Kier alpha value is -2.16. The summed E-state index contributed by atoms with van der Waals surface area (Å²) in [6.45, 7) is 0. The fourth-order valence-electron chi connectivity index (χ4n) is 3.08. The fraction of sp³-hybridized carbons (Fsp3) is 0.278. The number of aromatic nitrogens is 1. The molecule has 1 aromatic heterocycles. The van der Waals surface area contributed by atoms with Crippen LogP contribution in [0, 0.1) is 0 Å². The number of ether oxygens (including phenoxy) is 1. The van der Waals surface area contributed by atoms with Gasteiger partial charge >= 0.3 is 4.87 Å². The number of benzene rings is 2. The molecule has 1 aliphatic rings. The number of aryl methyl sites for hydroxylation is 1. The van der Waals surface area contributed by atoms with Gasteiger partial charge in [-0.1, -0.05) is 23.5 Å². The first-order valence-corrected chi connectivity index (χ1v) is 10.4. The molecule has 1 aliphatic carbocycles. The average molecular weight is 390 g/mol. The van der Waals surface area contributed by atoms with Crippen molar-refractivity contribution in [2.75, 3.05) is 7.11 Å². The van der Waals surface area contributed by atoms with Crippen molar-refractivity contribution in [1.29, 1.82) is 0 Å². The van der Waals surface area contributed by atoms with E-state index in [4.69, 9.17) is 4.74 Å². The highest BCUT2D eigenvalue weighted by atomic mass is 32.2. The number of nitrogens with zero attached hydrogens (tertiary/aromatic N) is 1. The molecule has 1 saturated carbocycles. The zero-order valence-corrected chi connectivity index (χ0v) is 16.0. The Bertz CT molecular complexity index is 1140. The van der Waals surface area contributed by atoms with Crippen molar-refractivity contribution in [2.45, 2.75) is 23.3 Å². The highest BCUT2D eigenvalue weighted by molar-refractivity contribution is 7.89. The van der Waals surface area contributed by atoms with Gasteiger partial charge in [0.1, 0.15) is 5.75 Å². The number of methoxy groups -OCH3 is 1. The molecule has 1 heterocycles. The summed E-state index contributed by atoms with van der Waals surface area (Å²) in [5, 5.41) is 0. The minimum atomic E-state index is -3.70. The molecule has 0 unspecified atom stereocenters. The quantitative estimate of drug-likeness (QED) is 0.726. The Morgan fingerprint density at radius 1 is 1.15 bits per heavy atom. The molecule has 6 nitrogen and oxygen atoms in total.